The number of rotatable bonds is 4. The molecular weight excluding hydrogens is 176 g/mol. The lowest BCUT2D eigenvalue weighted by atomic mass is 10.2. The summed E-state index contributed by atoms with van der Waals surface area (Å²) in [4.78, 5) is 3.94. The third-order valence-electron chi connectivity index (χ3n) is 1.97. The van der Waals surface area contributed by atoms with Crippen molar-refractivity contribution in [1.29, 1.82) is 5.26 Å². The zero-order valence-electron chi connectivity index (χ0n) is 8.20. The Morgan fingerprint density at radius 1 is 1.64 bits per heavy atom. The first-order chi connectivity index (χ1) is 6.76. The van der Waals surface area contributed by atoms with E-state index >= 15 is 0 Å². The number of nitrogens with two attached hydrogens (primary N) is 1. The summed E-state index contributed by atoms with van der Waals surface area (Å²) in [5.41, 5.74) is 7.06. The van der Waals surface area contributed by atoms with Gasteiger partial charge in [0.05, 0.1) is 11.9 Å². The Kier molecular flexibility index (Phi) is 3.89. The molecule has 0 saturated carbocycles. The fourth-order valence-electron chi connectivity index (χ4n) is 0.958. The molecule has 0 spiro atoms. The number of aromatic nitrogens is 1. The van der Waals surface area contributed by atoms with Gasteiger partial charge in [0.15, 0.2) is 0 Å². The molecule has 0 aliphatic rings. The quantitative estimate of drug-likeness (QED) is 0.745. The third-order valence-corrected chi connectivity index (χ3v) is 1.97. The molecule has 1 atom stereocenters. The van der Waals surface area contributed by atoms with Crippen molar-refractivity contribution in [3.63, 3.8) is 0 Å². The summed E-state index contributed by atoms with van der Waals surface area (Å²) in [5.74, 6) is 0. The molecule has 0 amide bonds. The molecule has 1 heterocycles. The SMILES string of the molecule is CCC(N)CNc1ccc(C#N)nc1. The smallest absolute Gasteiger partial charge is 0.140 e. The third kappa shape index (κ3) is 3.04. The van der Waals surface area contributed by atoms with E-state index in [-0.39, 0.29) is 6.04 Å². The summed E-state index contributed by atoms with van der Waals surface area (Å²) >= 11 is 0. The number of hydrogen-bond acceptors (Lipinski definition) is 4. The lowest BCUT2D eigenvalue weighted by Crippen LogP contribution is -2.27. The van der Waals surface area contributed by atoms with Gasteiger partial charge >= 0.3 is 0 Å². The maximum Gasteiger partial charge on any atom is 0.140 e. The van der Waals surface area contributed by atoms with Crippen LogP contribution in [0.15, 0.2) is 18.3 Å². The topological polar surface area (TPSA) is 74.7 Å². The van der Waals surface area contributed by atoms with Gasteiger partial charge in [-0.1, -0.05) is 6.92 Å². The minimum absolute atomic E-state index is 0.158. The van der Waals surface area contributed by atoms with Gasteiger partial charge in [0.1, 0.15) is 11.8 Å². The minimum atomic E-state index is 0.158. The Labute approximate surface area is 83.8 Å². The second-order valence-electron chi connectivity index (χ2n) is 3.09. The van der Waals surface area contributed by atoms with E-state index in [4.69, 9.17) is 11.0 Å². The lowest BCUT2D eigenvalue weighted by molar-refractivity contribution is 0.679. The van der Waals surface area contributed by atoms with Crippen LogP contribution in [0.3, 0.4) is 0 Å². The van der Waals surface area contributed by atoms with Crippen LogP contribution in [0.1, 0.15) is 19.0 Å². The number of nitrogens with zero attached hydrogens (tertiary/aromatic N) is 2. The van der Waals surface area contributed by atoms with Crippen LogP contribution in [-0.2, 0) is 0 Å². The van der Waals surface area contributed by atoms with Gasteiger partial charge in [-0.05, 0) is 18.6 Å². The van der Waals surface area contributed by atoms with Crippen molar-refractivity contribution >= 4 is 5.69 Å². The molecule has 4 nitrogen and oxygen atoms in total. The van der Waals surface area contributed by atoms with Crippen LogP contribution in [0, 0.1) is 11.3 Å². The molecule has 3 N–H and O–H groups in total. The summed E-state index contributed by atoms with van der Waals surface area (Å²) in [6.07, 6.45) is 2.58. The number of anilines is 1. The van der Waals surface area contributed by atoms with E-state index in [0.717, 1.165) is 18.7 Å². The average Bonchev–Trinajstić information content (AvgIpc) is 2.26. The molecule has 0 aliphatic heterocycles. The zero-order chi connectivity index (χ0) is 10.4. The Morgan fingerprint density at radius 3 is 2.93 bits per heavy atom. The van der Waals surface area contributed by atoms with Crippen LogP contribution in [0.25, 0.3) is 0 Å². The van der Waals surface area contributed by atoms with E-state index in [0.29, 0.717) is 5.69 Å². The monoisotopic (exact) mass is 190 g/mol. The Balaban J connectivity index is 2.49. The van der Waals surface area contributed by atoms with E-state index in [1.807, 2.05) is 19.1 Å². The molecular formula is C10H14N4. The molecule has 0 bridgehead atoms. The molecule has 0 radical (unpaired) electrons. The molecule has 1 aromatic heterocycles. The van der Waals surface area contributed by atoms with Gasteiger partial charge in [0.25, 0.3) is 0 Å². The number of hydrogen-bond donors (Lipinski definition) is 2. The van der Waals surface area contributed by atoms with E-state index in [1.54, 1.807) is 12.3 Å². The second-order valence-corrected chi connectivity index (χ2v) is 3.09. The number of pyridine rings is 1. The van der Waals surface area contributed by atoms with Gasteiger partial charge in [0, 0.05) is 12.6 Å². The fourth-order valence-corrected chi connectivity index (χ4v) is 0.958. The van der Waals surface area contributed by atoms with Crippen LogP contribution < -0.4 is 11.1 Å². The summed E-state index contributed by atoms with van der Waals surface area (Å²) in [7, 11) is 0. The number of nitrogens with one attached hydrogen (secondary N) is 1. The van der Waals surface area contributed by atoms with Crippen molar-refractivity contribution in [2.75, 3.05) is 11.9 Å². The standard InChI is InChI=1S/C10H14N4/c1-2-8(12)6-13-10-4-3-9(5-11)14-7-10/h3-4,7-8,13H,2,6,12H2,1H3. The first-order valence-corrected chi connectivity index (χ1v) is 4.62. The van der Waals surface area contributed by atoms with E-state index < -0.39 is 0 Å². The maximum absolute atomic E-state index is 8.53. The lowest BCUT2D eigenvalue weighted by Gasteiger charge is -2.10. The Bertz CT molecular complexity index is 312. The van der Waals surface area contributed by atoms with Crippen molar-refractivity contribution in [2.24, 2.45) is 5.73 Å². The largest absolute Gasteiger partial charge is 0.382 e. The van der Waals surface area contributed by atoms with E-state index in [1.165, 1.54) is 0 Å². The van der Waals surface area contributed by atoms with Gasteiger partial charge < -0.3 is 11.1 Å². The normalized spacial score (nSPS) is 11.8. The molecule has 0 aromatic carbocycles. The van der Waals surface area contributed by atoms with Gasteiger partial charge in [-0.15, -0.1) is 0 Å². The molecule has 0 saturated heterocycles. The molecule has 1 rings (SSSR count). The van der Waals surface area contributed by atoms with Crippen molar-refractivity contribution in [2.45, 2.75) is 19.4 Å². The van der Waals surface area contributed by atoms with Crippen LogP contribution in [0.2, 0.25) is 0 Å². The van der Waals surface area contributed by atoms with E-state index in [9.17, 15) is 0 Å². The zero-order valence-corrected chi connectivity index (χ0v) is 8.20. The van der Waals surface area contributed by atoms with Gasteiger partial charge in [0.2, 0.25) is 0 Å². The van der Waals surface area contributed by atoms with Gasteiger partial charge in [-0.25, -0.2) is 4.98 Å². The first-order valence-electron chi connectivity index (χ1n) is 4.62. The van der Waals surface area contributed by atoms with Crippen molar-refractivity contribution < 1.29 is 0 Å². The van der Waals surface area contributed by atoms with Gasteiger partial charge in [-0.3, -0.25) is 0 Å². The highest BCUT2D eigenvalue weighted by molar-refractivity contribution is 5.42. The summed E-state index contributed by atoms with van der Waals surface area (Å²) in [6, 6.07) is 5.63. The maximum atomic E-state index is 8.53. The molecule has 4 heteroatoms. The first kappa shape index (κ1) is 10.5. The fraction of sp³-hybridized carbons (Fsp3) is 0.400. The molecule has 1 aromatic rings. The van der Waals surface area contributed by atoms with Crippen molar-refractivity contribution in [1.82, 2.24) is 4.98 Å². The average molecular weight is 190 g/mol. The molecule has 74 valence electrons. The van der Waals surface area contributed by atoms with E-state index in [2.05, 4.69) is 10.3 Å². The van der Waals surface area contributed by atoms with Crippen LogP contribution >= 0.6 is 0 Å². The highest BCUT2D eigenvalue weighted by atomic mass is 14.9. The van der Waals surface area contributed by atoms with Crippen molar-refractivity contribution in [3.8, 4) is 6.07 Å². The summed E-state index contributed by atoms with van der Waals surface area (Å²) in [5, 5.41) is 11.7. The highest BCUT2D eigenvalue weighted by Gasteiger charge is 1.98. The minimum Gasteiger partial charge on any atom is -0.382 e. The Morgan fingerprint density at radius 2 is 2.43 bits per heavy atom. The molecule has 1 unspecified atom stereocenters. The van der Waals surface area contributed by atoms with Crippen LogP contribution in [-0.4, -0.2) is 17.6 Å². The Hall–Kier alpha value is -1.60. The number of nitriles is 1. The highest BCUT2D eigenvalue weighted by Crippen LogP contribution is 2.05. The summed E-state index contributed by atoms with van der Waals surface area (Å²) in [6.45, 7) is 2.77. The summed E-state index contributed by atoms with van der Waals surface area (Å²) < 4.78 is 0. The predicted molar refractivity (Wildman–Crippen MR) is 55.7 cm³/mol. The van der Waals surface area contributed by atoms with Gasteiger partial charge in [-0.2, -0.15) is 5.26 Å². The van der Waals surface area contributed by atoms with Crippen LogP contribution in [0.4, 0.5) is 5.69 Å². The molecule has 0 aliphatic carbocycles. The predicted octanol–water partition coefficient (Wildman–Crippen LogP) is 1.10. The second kappa shape index (κ2) is 5.20. The van der Waals surface area contributed by atoms with Crippen LogP contribution in [0.5, 0.6) is 0 Å². The van der Waals surface area contributed by atoms with Crippen molar-refractivity contribution in [3.05, 3.63) is 24.0 Å². The molecule has 0 fully saturated rings. The molecule has 14 heavy (non-hydrogen) atoms.